The Morgan fingerprint density at radius 2 is 1.21 bits per heavy atom. The van der Waals surface area contributed by atoms with Crippen molar-refractivity contribution in [3.05, 3.63) is 89.2 Å². The number of ether oxygens (including phenoxy) is 2. The van der Waals surface area contributed by atoms with Gasteiger partial charge in [0.1, 0.15) is 11.5 Å². The van der Waals surface area contributed by atoms with Crippen LogP contribution in [0.3, 0.4) is 0 Å². The second-order valence-corrected chi connectivity index (χ2v) is 7.43. The van der Waals surface area contributed by atoms with Crippen LogP contribution < -0.4 is 9.47 Å². The highest BCUT2D eigenvalue weighted by Crippen LogP contribution is 2.28. The summed E-state index contributed by atoms with van der Waals surface area (Å²) in [6, 6.07) is 16.1. The van der Waals surface area contributed by atoms with Gasteiger partial charge in [-0.1, -0.05) is 17.9 Å². The highest BCUT2D eigenvalue weighted by atomic mass is 16.5. The number of aromatic nitrogens is 3. The first-order valence-electron chi connectivity index (χ1n) is 10.3. The van der Waals surface area contributed by atoms with Gasteiger partial charge in [-0.2, -0.15) is 0 Å². The number of hydrogen-bond acceptors (Lipinski definition) is 7. The summed E-state index contributed by atoms with van der Waals surface area (Å²) in [6.07, 6.45) is 3.14. The van der Waals surface area contributed by atoms with Crippen LogP contribution >= 0.6 is 0 Å². The zero-order chi connectivity index (χ0) is 23.9. The first kappa shape index (κ1) is 22.4. The van der Waals surface area contributed by atoms with Gasteiger partial charge in [-0.05, 0) is 55.3 Å². The van der Waals surface area contributed by atoms with Crippen LogP contribution in [-0.4, -0.2) is 27.9 Å². The molecule has 0 aliphatic heterocycles. The molecule has 0 N–H and O–H groups in total. The van der Waals surface area contributed by atoms with Crippen molar-refractivity contribution >= 4 is 12.9 Å². The Morgan fingerprint density at radius 1 is 0.647 bits per heavy atom. The average Bonchev–Trinajstić information content (AvgIpc) is 2.83. The van der Waals surface area contributed by atoms with E-state index in [1.54, 1.807) is 30.5 Å². The van der Waals surface area contributed by atoms with E-state index in [0.717, 1.165) is 22.3 Å². The summed E-state index contributed by atoms with van der Waals surface area (Å²) in [4.78, 5) is 35.0. The summed E-state index contributed by atoms with van der Waals surface area (Å²) in [5.74, 6) is 6.94. The summed E-state index contributed by atoms with van der Waals surface area (Å²) in [5.41, 5.74) is 5.86. The lowest BCUT2D eigenvalue weighted by atomic mass is 10.1. The van der Waals surface area contributed by atoms with E-state index < -0.39 is 0 Å². The van der Waals surface area contributed by atoms with Crippen molar-refractivity contribution < 1.29 is 19.1 Å². The quantitative estimate of drug-likeness (QED) is 0.320. The number of hydrogen-bond donors (Lipinski definition) is 0. The zero-order valence-corrected chi connectivity index (χ0v) is 18.5. The molecule has 7 heteroatoms. The van der Waals surface area contributed by atoms with Gasteiger partial charge in [0.2, 0.25) is 0 Å². The van der Waals surface area contributed by atoms with E-state index in [1.807, 2.05) is 38.1 Å². The van der Waals surface area contributed by atoms with Crippen molar-refractivity contribution in [1.29, 1.82) is 0 Å². The van der Waals surface area contributed by atoms with Gasteiger partial charge in [0.15, 0.2) is 0 Å². The topological polar surface area (TPSA) is 91.3 Å². The molecular formula is C27H19N3O4. The molecule has 166 valence electrons. The third kappa shape index (κ3) is 5.50. The number of rotatable bonds is 6. The molecule has 0 unspecified atom stereocenters. The maximum Gasteiger partial charge on any atom is 0.298 e. The van der Waals surface area contributed by atoms with Crippen LogP contribution in [0.5, 0.6) is 11.5 Å². The normalized spacial score (nSPS) is 10.1. The molecule has 0 bridgehead atoms. The summed E-state index contributed by atoms with van der Waals surface area (Å²) >= 11 is 0. The smallest absolute Gasteiger partial charge is 0.298 e. The van der Waals surface area contributed by atoms with Crippen LogP contribution in [0.15, 0.2) is 67.0 Å². The molecule has 0 aliphatic rings. The first-order chi connectivity index (χ1) is 16.5. The van der Waals surface area contributed by atoms with Crippen molar-refractivity contribution in [3.8, 4) is 46.1 Å². The predicted octanol–water partition coefficient (Wildman–Crippen LogP) is 4.29. The minimum atomic E-state index is 0.270. The zero-order valence-electron chi connectivity index (χ0n) is 18.5. The number of benzene rings is 1. The fourth-order valence-electron chi connectivity index (χ4n) is 3.41. The molecule has 0 saturated carbocycles. The second-order valence-electron chi connectivity index (χ2n) is 7.43. The van der Waals surface area contributed by atoms with Gasteiger partial charge in [-0.3, -0.25) is 19.6 Å². The minimum Gasteiger partial charge on any atom is -0.429 e. The van der Waals surface area contributed by atoms with Crippen molar-refractivity contribution in [2.24, 2.45) is 0 Å². The number of pyridine rings is 3. The molecule has 0 aliphatic carbocycles. The summed E-state index contributed by atoms with van der Waals surface area (Å²) in [7, 11) is 0. The van der Waals surface area contributed by atoms with Gasteiger partial charge in [0, 0.05) is 41.7 Å². The third-order valence-electron chi connectivity index (χ3n) is 4.76. The average molecular weight is 449 g/mol. The lowest BCUT2D eigenvalue weighted by molar-refractivity contribution is -0.121. The van der Waals surface area contributed by atoms with Crippen LogP contribution in [0, 0.1) is 25.7 Å². The highest BCUT2D eigenvalue weighted by Gasteiger charge is 2.11. The Balaban J connectivity index is 1.73. The molecule has 0 atom stereocenters. The van der Waals surface area contributed by atoms with Gasteiger partial charge in [-0.15, -0.1) is 0 Å². The Kier molecular flexibility index (Phi) is 6.70. The molecule has 7 nitrogen and oxygen atoms in total. The van der Waals surface area contributed by atoms with E-state index in [4.69, 9.17) is 9.47 Å². The highest BCUT2D eigenvalue weighted by molar-refractivity contribution is 5.67. The summed E-state index contributed by atoms with van der Waals surface area (Å²) < 4.78 is 9.97. The Hall–Kier alpha value is -4.83. The molecule has 34 heavy (non-hydrogen) atoms. The molecule has 4 rings (SSSR count). The van der Waals surface area contributed by atoms with Crippen LogP contribution in [0.2, 0.25) is 0 Å². The van der Waals surface area contributed by atoms with Gasteiger partial charge < -0.3 is 9.47 Å². The number of carbonyl (C=O) groups is 2. The monoisotopic (exact) mass is 449 g/mol. The van der Waals surface area contributed by atoms with Crippen LogP contribution in [-0.2, 0) is 9.59 Å². The second kappa shape index (κ2) is 10.2. The minimum absolute atomic E-state index is 0.270. The molecular weight excluding hydrogens is 430 g/mol. The van der Waals surface area contributed by atoms with E-state index in [2.05, 4.69) is 32.9 Å². The first-order valence-corrected chi connectivity index (χ1v) is 10.3. The molecule has 0 fully saturated rings. The summed E-state index contributed by atoms with van der Waals surface area (Å²) in [6.45, 7) is 4.74. The molecule has 3 heterocycles. The van der Waals surface area contributed by atoms with E-state index in [-0.39, 0.29) is 5.75 Å². The third-order valence-corrected chi connectivity index (χ3v) is 4.76. The van der Waals surface area contributed by atoms with Crippen LogP contribution in [0.25, 0.3) is 22.8 Å². The molecule has 0 radical (unpaired) electrons. The van der Waals surface area contributed by atoms with E-state index in [0.29, 0.717) is 41.5 Å². The van der Waals surface area contributed by atoms with E-state index in [1.165, 1.54) is 6.20 Å². The largest absolute Gasteiger partial charge is 0.429 e. The van der Waals surface area contributed by atoms with Gasteiger partial charge in [0.05, 0.1) is 22.8 Å². The fraction of sp³-hybridized carbons (Fsp3) is 0.0741. The molecule has 4 aromatic rings. The Morgan fingerprint density at radius 3 is 1.88 bits per heavy atom. The molecule has 0 saturated heterocycles. The number of aryl methyl sites for hydroxylation is 2. The number of nitrogens with zero attached hydrogens (tertiary/aromatic N) is 3. The SMILES string of the molecule is Cc1cc(C)cc(C#Cc2ccnc(-c3cc(OC=O)cc(-c4cc(OC=O)ccn4)n3)c2)c1. The lowest BCUT2D eigenvalue weighted by Crippen LogP contribution is -1.97. The Bertz CT molecular complexity index is 1420. The van der Waals surface area contributed by atoms with Gasteiger partial charge in [-0.25, -0.2) is 4.98 Å². The fourth-order valence-corrected chi connectivity index (χ4v) is 3.41. The lowest BCUT2D eigenvalue weighted by Gasteiger charge is -2.08. The maximum absolute atomic E-state index is 11.0. The van der Waals surface area contributed by atoms with Crippen LogP contribution in [0.1, 0.15) is 22.3 Å². The van der Waals surface area contributed by atoms with E-state index >= 15 is 0 Å². The van der Waals surface area contributed by atoms with Crippen molar-refractivity contribution in [3.63, 3.8) is 0 Å². The molecule has 0 amide bonds. The van der Waals surface area contributed by atoms with Gasteiger partial charge in [0.25, 0.3) is 12.9 Å². The van der Waals surface area contributed by atoms with Crippen molar-refractivity contribution in [2.75, 3.05) is 0 Å². The predicted molar refractivity (Wildman–Crippen MR) is 126 cm³/mol. The van der Waals surface area contributed by atoms with Crippen molar-refractivity contribution in [2.45, 2.75) is 13.8 Å². The van der Waals surface area contributed by atoms with Crippen LogP contribution in [0.4, 0.5) is 0 Å². The standard InChI is InChI=1S/C27H19N3O4/c1-18-9-19(2)11-21(10-18)4-3-20-5-7-28-24(12-20)26-14-23(34-17-32)15-27(30-26)25-13-22(33-16-31)6-8-29-25/h5-17H,1-2H3. The molecule has 3 aromatic heterocycles. The summed E-state index contributed by atoms with van der Waals surface area (Å²) in [5, 5.41) is 0. The Labute approximate surface area is 196 Å². The molecule has 0 spiro atoms. The molecule has 1 aromatic carbocycles. The van der Waals surface area contributed by atoms with E-state index in [9.17, 15) is 9.59 Å². The van der Waals surface area contributed by atoms with Gasteiger partial charge >= 0.3 is 0 Å². The maximum atomic E-state index is 11.0. The number of carbonyl (C=O) groups excluding carboxylic acids is 2. The van der Waals surface area contributed by atoms with Crippen molar-refractivity contribution in [1.82, 2.24) is 15.0 Å².